The highest BCUT2D eigenvalue weighted by Crippen LogP contribution is 2.32. The van der Waals surface area contributed by atoms with E-state index in [1.54, 1.807) is 6.20 Å². The van der Waals surface area contributed by atoms with Crippen LogP contribution in [0.5, 0.6) is 0 Å². The van der Waals surface area contributed by atoms with Crippen LogP contribution in [-0.4, -0.2) is 34.1 Å². The predicted octanol–water partition coefficient (Wildman–Crippen LogP) is 3.25. The highest BCUT2D eigenvalue weighted by atomic mass is 32.1. The van der Waals surface area contributed by atoms with Gasteiger partial charge in [-0.15, -0.1) is 11.3 Å². The normalized spacial score (nSPS) is 19.5. The van der Waals surface area contributed by atoms with Crippen molar-refractivity contribution in [3.05, 3.63) is 39.3 Å². The van der Waals surface area contributed by atoms with Crippen LogP contribution in [0.3, 0.4) is 0 Å². The van der Waals surface area contributed by atoms with Crippen LogP contribution in [0.2, 0.25) is 0 Å². The topological polar surface area (TPSA) is 75.0 Å². The fourth-order valence-electron chi connectivity index (χ4n) is 3.32. The van der Waals surface area contributed by atoms with E-state index in [0.717, 1.165) is 38.2 Å². The van der Waals surface area contributed by atoms with Crippen molar-refractivity contribution in [3.63, 3.8) is 0 Å². The SMILES string of the molecule is CC(C)(C)c1ccc(CN2CCCC(c3[nH]ncc3C(N)=O)C2)s1. The molecule has 1 fully saturated rings. The summed E-state index contributed by atoms with van der Waals surface area (Å²) in [5.74, 6) is -0.102. The molecule has 0 spiro atoms. The van der Waals surface area contributed by atoms with Crippen LogP contribution in [0.1, 0.15) is 65.3 Å². The van der Waals surface area contributed by atoms with Crippen LogP contribution in [0.4, 0.5) is 0 Å². The van der Waals surface area contributed by atoms with Crippen molar-refractivity contribution in [2.75, 3.05) is 13.1 Å². The maximum absolute atomic E-state index is 11.5. The molecule has 1 saturated heterocycles. The molecule has 5 nitrogen and oxygen atoms in total. The molecule has 3 rings (SSSR count). The van der Waals surface area contributed by atoms with Crippen molar-refractivity contribution in [2.45, 2.75) is 51.5 Å². The van der Waals surface area contributed by atoms with Gasteiger partial charge in [0.25, 0.3) is 5.91 Å². The lowest BCUT2D eigenvalue weighted by Crippen LogP contribution is -2.34. The van der Waals surface area contributed by atoms with Gasteiger partial charge in [-0.25, -0.2) is 0 Å². The number of rotatable bonds is 4. The zero-order chi connectivity index (χ0) is 17.3. The fraction of sp³-hybridized carbons (Fsp3) is 0.556. The number of aromatic amines is 1. The largest absolute Gasteiger partial charge is 0.365 e. The summed E-state index contributed by atoms with van der Waals surface area (Å²) in [4.78, 5) is 16.8. The number of H-pyrrole nitrogens is 1. The van der Waals surface area contributed by atoms with Gasteiger partial charge in [0.2, 0.25) is 0 Å². The summed E-state index contributed by atoms with van der Waals surface area (Å²) in [6.07, 6.45) is 3.74. The third-order valence-electron chi connectivity index (χ3n) is 4.63. The molecule has 2 aromatic heterocycles. The molecule has 1 unspecified atom stereocenters. The summed E-state index contributed by atoms with van der Waals surface area (Å²) in [6.45, 7) is 9.76. The Morgan fingerprint density at radius 3 is 2.92 bits per heavy atom. The minimum absolute atomic E-state index is 0.208. The molecule has 130 valence electrons. The molecule has 1 aliphatic rings. The molecule has 2 aromatic rings. The first-order valence-corrected chi connectivity index (χ1v) is 9.31. The van der Waals surface area contributed by atoms with Gasteiger partial charge in [0.1, 0.15) is 0 Å². The molecule has 0 aliphatic carbocycles. The van der Waals surface area contributed by atoms with Crippen LogP contribution in [0.25, 0.3) is 0 Å². The lowest BCUT2D eigenvalue weighted by atomic mass is 9.92. The summed E-state index contributed by atoms with van der Waals surface area (Å²) in [5, 5.41) is 7.01. The Hall–Kier alpha value is -1.66. The van der Waals surface area contributed by atoms with Gasteiger partial charge >= 0.3 is 0 Å². The number of carbonyl (C=O) groups excluding carboxylic acids is 1. The zero-order valence-corrected chi connectivity index (χ0v) is 15.4. The summed E-state index contributed by atoms with van der Waals surface area (Å²) in [5.41, 5.74) is 7.10. The Morgan fingerprint density at radius 2 is 2.25 bits per heavy atom. The Kier molecular flexibility index (Phi) is 4.78. The van der Waals surface area contributed by atoms with Gasteiger partial charge in [-0.1, -0.05) is 20.8 Å². The standard InChI is InChI=1S/C18H26N4OS/c1-18(2,3)15-7-6-13(24-15)11-22-8-4-5-12(10-22)16-14(17(19)23)9-20-21-16/h6-7,9,12H,4-5,8,10-11H2,1-3H3,(H2,19,23)(H,20,21). The number of amides is 1. The Bertz CT molecular complexity index is 713. The van der Waals surface area contributed by atoms with Gasteiger partial charge in [0, 0.05) is 28.8 Å². The first-order chi connectivity index (χ1) is 11.3. The van der Waals surface area contributed by atoms with E-state index in [-0.39, 0.29) is 5.41 Å². The van der Waals surface area contributed by atoms with E-state index in [4.69, 9.17) is 5.73 Å². The number of carbonyl (C=O) groups is 1. The number of primary amides is 1. The van der Waals surface area contributed by atoms with Crippen molar-refractivity contribution < 1.29 is 4.79 Å². The Balaban J connectivity index is 1.69. The van der Waals surface area contributed by atoms with E-state index in [9.17, 15) is 4.79 Å². The number of hydrogen-bond acceptors (Lipinski definition) is 4. The van der Waals surface area contributed by atoms with Crippen LogP contribution >= 0.6 is 11.3 Å². The molecule has 1 atom stereocenters. The van der Waals surface area contributed by atoms with Crippen LogP contribution in [0.15, 0.2) is 18.3 Å². The van der Waals surface area contributed by atoms with Gasteiger partial charge in [0.05, 0.1) is 17.5 Å². The molecule has 0 radical (unpaired) electrons. The lowest BCUT2D eigenvalue weighted by Gasteiger charge is -2.32. The molecule has 3 heterocycles. The zero-order valence-electron chi connectivity index (χ0n) is 14.6. The average Bonchev–Trinajstić information content (AvgIpc) is 3.15. The monoisotopic (exact) mass is 346 g/mol. The van der Waals surface area contributed by atoms with Gasteiger partial charge in [-0.3, -0.25) is 14.8 Å². The highest BCUT2D eigenvalue weighted by Gasteiger charge is 2.26. The Labute approximate surface area is 147 Å². The molecule has 6 heteroatoms. The summed E-state index contributed by atoms with van der Waals surface area (Å²) in [6, 6.07) is 4.50. The summed E-state index contributed by atoms with van der Waals surface area (Å²) < 4.78 is 0. The fourth-order valence-corrected chi connectivity index (χ4v) is 4.43. The van der Waals surface area contributed by atoms with E-state index in [0.29, 0.717) is 11.5 Å². The number of piperidine rings is 1. The van der Waals surface area contributed by atoms with E-state index >= 15 is 0 Å². The highest BCUT2D eigenvalue weighted by molar-refractivity contribution is 7.12. The first-order valence-electron chi connectivity index (χ1n) is 8.49. The van der Waals surface area contributed by atoms with Crippen molar-refractivity contribution >= 4 is 17.2 Å². The molecule has 1 aliphatic heterocycles. The van der Waals surface area contributed by atoms with Crippen molar-refractivity contribution in [3.8, 4) is 0 Å². The van der Waals surface area contributed by atoms with E-state index in [1.165, 1.54) is 9.75 Å². The van der Waals surface area contributed by atoms with Crippen LogP contribution in [0, 0.1) is 0 Å². The first kappa shape index (κ1) is 17.2. The molecule has 24 heavy (non-hydrogen) atoms. The van der Waals surface area contributed by atoms with Gasteiger partial charge < -0.3 is 5.73 Å². The van der Waals surface area contributed by atoms with E-state index < -0.39 is 5.91 Å². The lowest BCUT2D eigenvalue weighted by molar-refractivity contribution is 0.0997. The van der Waals surface area contributed by atoms with Crippen molar-refractivity contribution in [1.82, 2.24) is 15.1 Å². The number of aromatic nitrogens is 2. The number of likely N-dealkylation sites (tertiary alicyclic amines) is 1. The second-order valence-corrected chi connectivity index (χ2v) is 8.82. The number of nitrogens with one attached hydrogen (secondary N) is 1. The number of nitrogens with two attached hydrogens (primary N) is 1. The number of nitrogens with zero attached hydrogens (tertiary/aromatic N) is 2. The van der Waals surface area contributed by atoms with Crippen LogP contribution in [-0.2, 0) is 12.0 Å². The van der Waals surface area contributed by atoms with Gasteiger partial charge in [-0.2, -0.15) is 5.10 Å². The molecule has 0 saturated carbocycles. The second kappa shape index (κ2) is 6.69. The summed E-state index contributed by atoms with van der Waals surface area (Å²) in [7, 11) is 0. The molecule has 1 amide bonds. The van der Waals surface area contributed by atoms with Crippen LogP contribution < -0.4 is 5.73 Å². The van der Waals surface area contributed by atoms with Crippen molar-refractivity contribution in [2.24, 2.45) is 5.73 Å². The molecule has 3 N–H and O–H groups in total. The van der Waals surface area contributed by atoms with E-state index in [2.05, 4.69) is 48.0 Å². The quantitative estimate of drug-likeness (QED) is 0.892. The maximum Gasteiger partial charge on any atom is 0.252 e. The third-order valence-corrected chi connectivity index (χ3v) is 6.12. The van der Waals surface area contributed by atoms with E-state index in [1.807, 2.05) is 11.3 Å². The predicted molar refractivity (Wildman–Crippen MR) is 97.4 cm³/mol. The molecular formula is C18H26N4OS. The minimum Gasteiger partial charge on any atom is -0.365 e. The smallest absolute Gasteiger partial charge is 0.252 e. The molecule has 0 aromatic carbocycles. The Morgan fingerprint density at radius 1 is 1.46 bits per heavy atom. The molecule has 0 bridgehead atoms. The van der Waals surface area contributed by atoms with Gasteiger partial charge in [-0.05, 0) is 36.9 Å². The summed E-state index contributed by atoms with van der Waals surface area (Å²) >= 11 is 1.90. The number of thiophene rings is 1. The molecular weight excluding hydrogens is 320 g/mol. The van der Waals surface area contributed by atoms with Gasteiger partial charge in [0.15, 0.2) is 0 Å². The average molecular weight is 347 g/mol. The second-order valence-electron chi connectivity index (χ2n) is 7.65. The minimum atomic E-state index is -0.399. The van der Waals surface area contributed by atoms with Crippen molar-refractivity contribution in [1.29, 1.82) is 0 Å². The third kappa shape index (κ3) is 3.70. The maximum atomic E-state index is 11.5. The number of hydrogen-bond donors (Lipinski definition) is 2.